The van der Waals surface area contributed by atoms with Gasteiger partial charge in [-0.25, -0.2) is 4.98 Å². The van der Waals surface area contributed by atoms with Crippen molar-refractivity contribution in [3.8, 4) is 11.1 Å². The second kappa shape index (κ2) is 10.4. The number of imidazole rings is 1. The smallest absolute Gasteiger partial charge is 0.220 e. The number of amides is 2. The zero-order chi connectivity index (χ0) is 25.0. The molecule has 1 aliphatic heterocycles. The number of fused-ring (bicyclic) bond motifs is 1. The first-order chi connectivity index (χ1) is 17.5. The second-order valence-corrected chi connectivity index (χ2v) is 9.82. The number of aryl methyl sites for hydroxylation is 1. The Morgan fingerprint density at radius 3 is 2.50 bits per heavy atom. The molecule has 3 N–H and O–H groups in total. The molecular weight excluding hydrogens is 448 g/mol. The van der Waals surface area contributed by atoms with Gasteiger partial charge in [-0.1, -0.05) is 66.7 Å². The SMILES string of the molecule is Cc1cccc2[nH]c(CCNC(=O)CCC3(Cc4ccc(-c5ccccc5)cc4)CCC(=O)N3)nc12. The van der Waals surface area contributed by atoms with Gasteiger partial charge in [0, 0.05) is 31.3 Å². The normalized spacial score (nSPS) is 17.3. The average molecular weight is 481 g/mol. The number of H-pyrrole nitrogens is 1. The van der Waals surface area contributed by atoms with Gasteiger partial charge < -0.3 is 15.6 Å². The van der Waals surface area contributed by atoms with Crippen LogP contribution in [0.3, 0.4) is 0 Å². The van der Waals surface area contributed by atoms with Gasteiger partial charge in [0.05, 0.1) is 11.0 Å². The number of rotatable bonds is 9. The van der Waals surface area contributed by atoms with E-state index >= 15 is 0 Å². The van der Waals surface area contributed by atoms with E-state index in [2.05, 4.69) is 57.0 Å². The first-order valence-corrected chi connectivity index (χ1v) is 12.7. The van der Waals surface area contributed by atoms with Crippen molar-refractivity contribution in [3.63, 3.8) is 0 Å². The van der Waals surface area contributed by atoms with E-state index in [1.165, 1.54) is 11.1 Å². The molecule has 1 fully saturated rings. The van der Waals surface area contributed by atoms with Gasteiger partial charge in [0.2, 0.25) is 11.8 Å². The van der Waals surface area contributed by atoms with E-state index < -0.39 is 0 Å². The molecule has 1 atom stereocenters. The molecule has 0 spiro atoms. The molecule has 1 unspecified atom stereocenters. The van der Waals surface area contributed by atoms with Gasteiger partial charge in [-0.3, -0.25) is 9.59 Å². The summed E-state index contributed by atoms with van der Waals surface area (Å²) >= 11 is 0. The molecule has 5 rings (SSSR count). The number of aromatic nitrogens is 2. The Balaban J connectivity index is 1.16. The van der Waals surface area contributed by atoms with Gasteiger partial charge in [-0.2, -0.15) is 0 Å². The first kappa shape index (κ1) is 23.8. The van der Waals surface area contributed by atoms with E-state index in [0.29, 0.717) is 32.2 Å². The van der Waals surface area contributed by atoms with E-state index in [0.717, 1.165) is 40.8 Å². The van der Waals surface area contributed by atoms with E-state index in [4.69, 9.17) is 0 Å². The number of hydrogen-bond donors (Lipinski definition) is 3. The van der Waals surface area contributed by atoms with Crippen LogP contribution < -0.4 is 10.6 Å². The summed E-state index contributed by atoms with van der Waals surface area (Å²) in [5, 5.41) is 6.21. The van der Waals surface area contributed by atoms with Crippen LogP contribution in [0.2, 0.25) is 0 Å². The van der Waals surface area contributed by atoms with E-state index in [-0.39, 0.29) is 17.4 Å². The Hall–Kier alpha value is -3.93. The number of benzene rings is 3. The topological polar surface area (TPSA) is 86.9 Å². The monoisotopic (exact) mass is 480 g/mol. The summed E-state index contributed by atoms with van der Waals surface area (Å²) in [5.74, 6) is 0.941. The fourth-order valence-electron chi connectivity index (χ4n) is 5.12. The minimum Gasteiger partial charge on any atom is -0.356 e. The Labute approximate surface area is 211 Å². The number of carbonyl (C=O) groups excluding carboxylic acids is 2. The second-order valence-electron chi connectivity index (χ2n) is 9.82. The van der Waals surface area contributed by atoms with Crippen LogP contribution in [0, 0.1) is 6.92 Å². The number of hydrogen-bond acceptors (Lipinski definition) is 3. The van der Waals surface area contributed by atoms with Crippen molar-refractivity contribution in [2.24, 2.45) is 0 Å². The van der Waals surface area contributed by atoms with Gasteiger partial charge in [0.15, 0.2) is 0 Å². The molecule has 4 aromatic rings. The van der Waals surface area contributed by atoms with Crippen molar-refractivity contribution in [1.29, 1.82) is 0 Å². The lowest BCUT2D eigenvalue weighted by Crippen LogP contribution is -2.44. The van der Waals surface area contributed by atoms with E-state index in [1.54, 1.807) is 0 Å². The molecule has 1 saturated heterocycles. The molecule has 0 bridgehead atoms. The summed E-state index contributed by atoms with van der Waals surface area (Å²) in [7, 11) is 0. The molecule has 1 aliphatic rings. The van der Waals surface area contributed by atoms with Crippen LogP contribution in [0.5, 0.6) is 0 Å². The summed E-state index contributed by atoms with van der Waals surface area (Å²) in [6.45, 7) is 2.57. The minimum atomic E-state index is -0.376. The third-order valence-corrected chi connectivity index (χ3v) is 7.12. The predicted molar refractivity (Wildman–Crippen MR) is 142 cm³/mol. The summed E-state index contributed by atoms with van der Waals surface area (Å²) in [6, 6.07) is 24.9. The van der Waals surface area contributed by atoms with Crippen LogP contribution in [0.1, 0.15) is 42.6 Å². The molecule has 3 aromatic carbocycles. The van der Waals surface area contributed by atoms with Crippen molar-refractivity contribution in [3.05, 3.63) is 89.7 Å². The van der Waals surface area contributed by atoms with Crippen LogP contribution >= 0.6 is 0 Å². The molecule has 184 valence electrons. The Morgan fingerprint density at radius 1 is 1.00 bits per heavy atom. The Bertz CT molecular complexity index is 1360. The molecule has 1 aromatic heterocycles. The molecule has 6 heteroatoms. The maximum Gasteiger partial charge on any atom is 0.220 e. The largest absolute Gasteiger partial charge is 0.356 e. The Morgan fingerprint density at radius 2 is 1.78 bits per heavy atom. The van der Waals surface area contributed by atoms with Gasteiger partial charge >= 0.3 is 0 Å². The lowest BCUT2D eigenvalue weighted by atomic mass is 9.84. The Kier molecular flexibility index (Phi) is 6.85. The van der Waals surface area contributed by atoms with Crippen molar-refractivity contribution in [2.45, 2.75) is 51.0 Å². The molecule has 2 heterocycles. The van der Waals surface area contributed by atoms with Gasteiger partial charge in [0.25, 0.3) is 0 Å². The van der Waals surface area contributed by atoms with Gasteiger partial charge in [-0.05, 0) is 54.5 Å². The minimum absolute atomic E-state index is 0.00208. The molecule has 0 aliphatic carbocycles. The van der Waals surface area contributed by atoms with Crippen LogP contribution in [0.15, 0.2) is 72.8 Å². The lowest BCUT2D eigenvalue weighted by Gasteiger charge is -2.29. The highest BCUT2D eigenvalue weighted by atomic mass is 16.2. The molecule has 36 heavy (non-hydrogen) atoms. The highest BCUT2D eigenvalue weighted by Crippen LogP contribution is 2.30. The summed E-state index contributed by atoms with van der Waals surface area (Å²) < 4.78 is 0. The van der Waals surface area contributed by atoms with Gasteiger partial charge in [-0.15, -0.1) is 0 Å². The zero-order valence-electron chi connectivity index (χ0n) is 20.6. The van der Waals surface area contributed by atoms with Crippen molar-refractivity contribution >= 4 is 22.8 Å². The first-order valence-electron chi connectivity index (χ1n) is 12.7. The average Bonchev–Trinajstić information content (AvgIpc) is 3.48. The highest BCUT2D eigenvalue weighted by molar-refractivity contribution is 5.80. The maximum absolute atomic E-state index is 12.6. The van der Waals surface area contributed by atoms with Crippen LogP contribution in [0.4, 0.5) is 0 Å². The fraction of sp³-hybridized carbons (Fsp3) is 0.300. The maximum atomic E-state index is 12.6. The predicted octanol–water partition coefficient (Wildman–Crippen LogP) is 4.87. The number of para-hydroxylation sites is 1. The molecule has 6 nitrogen and oxygen atoms in total. The number of aromatic amines is 1. The van der Waals surface area contributed by atoms with Crippen LogP contribution in [0.25, 0.3) is 22.2 Å². The van der Waals surface area contributed by atoms with Crippen LogP contribution in [-0.4, -0.2) is 33.9 Å². The number of nitrogens with one attached hydrogen (secondary N) is 3. The third kappa shape index (κ3) is 5.48. The zero-order valence-corrected chi connectivity index (χ0v) is 20.6. The summed E-state index contributed by atoms with van der Waals surface area (Å²) in [6.07, 6.45) is 3.62. The van der Waals surface area contributed by atoms with E-state index in [9.17, 15) is 9.59 Å². The standard InChI is InChI=1S/C30H32N4O2/c1-21-6-5-9-25-29(21)33-26(32-25)16-19-31-27(35)14-17-30(18-15-28(36)34-30)20-22-10-12-24(13-11-22)23-7-3-2-4-8-23/h2-13H,14-20H2,1H3,(H,31,35)(H,32,33)(H,34,36). The third-order valence-electron chi connectivity index (χ3n) is 7.12. The lowest BCUT2D eigenvalue weighted by molar-refractivity contribution is -0.122. The van der Waals surface area contributed by atoms with Crippen molar-refractivity contribution in [2.75, 3.05) is 6.54 Å². The van der Waals surface area contributed by atoms with E-state index in [1.807, 2.05) is 43.3 Å². The molecular formula is C30H32N4O2. The number of carbonyl (C=O) groups is 2. The summed E-state index contributed by atoms with van der Waals surface area (Å²) in [4.78, 5) is 32.8. The van der Waals surface area contributed by atoms with Gasteiger partial charge in [0.1, 0.15) is 5.82 Å². The molecule has 0 saturated carbocycles. The quantitative estimate of drug-likeness (QED) is 0.319. The van der Waals surface area contributed by atoms with Crippen LogP contribution in [-0.2, 0) is 22.4 Å². The van der Waals surface area contributed by atoms with Crippen molar-refractivity contribution in [1.82, 2.24) is 20.6 Å². The fourth-order valence-corrected chi connectivity index (χ4v) is 5.12. The van der Waals surface area contributed by atoms with Crippen molar-refractivity contribution < 1.29 is 9.59 Å². The highest BCUT2D eigenvalue weighted by Gasteiger charge is 2.37. The molecule has 2 amide bonds. The molecule has 0 radical (unpaired) electrons. The summed E-state index contributed by atoms with van der Waals surface area (Å²) in [5.41, 5.74) is 6.28. The number of nitrogens with zero attached hydrogens (tertiary/aromatic N) is 1.